The largest absolute Gasteiger partial charge is 0.479 e. The van der Waals surface area contributed by atoms with Crippen molar-refractivity contribution in [2.75, 3.05) is 12.4 Å². The van der Waals surface area contributed by atoms with Crippen LogP contribution in [0, 0.1) is 10.1 Å². The summed E-state index contributed by atoms with van der Waals surface area (Å²) in [5.74, 6) is -0.455. The van der Waals surface area contributed by atoms with Crippen LogP contribution in [0.2, 0.25) is 0 Å². The van der Waals surface area contributed by atoms with E-state index in [1.807, 2.05) is 0 Å². The highest BCUT2D eigenvalue weighted by atomic mass is 16.6. The second-order valence-electron chi connectivity index (χ2n) is 3.50. The van der Waals surface area contributed by atoms with Crippen molar-refractivity contribution in [2.24, 2.45) is 0 Å². The molecule has 0 aliphatic rings. The minimum absolute atomic E-state index is 0.0524. The van der Waals surface area contributed by atoms with Crippen LogP contribution in [0.4, 0.5) is 11.4 Å². The molecule has 0 bridgehead atoms. The molecule has 0 saturated heterocycles. The van der Waals surface area contributed by atoms with Gasteiger partial charge in [0, 0.05) is 17.8 Å². The number of hydrogen-bond donors (Lipinski definition) is 1. The fourth-order valence-corrected chi connectivity index (χ4v) is 1.35. The predicted octanol–water partition coefficient (Wildman–Crippen LogP) is 1.84. The third-order valence-corrected chi connectivity index (χ3v) is 2.24. The summed E-state index contributed by atoms with van der Waals surface area (Å²) < 4.78 is 9.52. The molecule has 98 valence electrons. The van der Waals surface area contributed by atoms with Crippen LogP contribution in [0.15, 0.2) is 34.9 Å². The van der Waals surface area contributed by atoms with Crippen LogP contribution in [0.1, 0.15) is 10.6 Å². The molecule has 0 radical (unpaired) electrons. The van der Waals surface area contributed by atoms with Gasteiger partial charge in [-0.3, -0.25) is 14.9 Å². The Kier molecular flexibility index (Phi) is 3.42. The number of non-ortho nitro benzene ring substituents is 1. The molecular weight excluding hydrogens is 254 g/mol. The zero-order valence-corrected chi connectivity index (χ0v) is 9.82. The van der Waals surface area contributed by atoms with E-state index in [0.29, 0.717) is 0 Å². The zero-order chi connectivity index (χ0) is 13.8. The average molecular weight is 263 g/mol. The summed E-state index contributed by atoms with van der Waals surface area (Å²) in [5.41, 5.74) is 0.169. The molecule has 0 fully saturated rings. The van der Waals surface area contributed by atoms with Crippen LogP contribution >= 0.6 is 0 Å². The van der Waals surface area contributed by atoms with Gasteiger partial charge < -0.3 is 14.6 Å². The smallest absolute Gasteiger partial charge is 0.294 e. The molecular formula is C11H9N3O5. The number of nitro benzene ring substituents is 1. The molecule has 1 amide bonds. The Labute approximate surface area is 107 Å². The molecule has 0 spiro atoms. The van der Waals surface area contributed by atoms with Gasteiger partial charge in [0.05, 0.1) is 18.1 Å². The normalized spacial score (nSPS) is 9.95. The Balaban J connectivity index is 2.14. The maximum atomic E-state index is 11.8. The quantitative estimate of drug-likeness (QED) is 0.666. The Hall–Kier alpha value is -2.90. The van der Waals surface area contributed by atoms with Crippen molar-refractivity contribution >= 4 is 17.3 Å². The molecule has 0 saturated carbocycles. The minimum atomic E-state index is -0.573. The lowest BCUT2D eigenvalue weighted by Gasteiger charge is -2.01. The number of benzene rings is 1. The van der Waals surface area contributed by atoms with Gasteiger partial charge in [0.2, 0.25) is 5.76 Å². The summed E-state index contributed by atoms with van der Waals surface area (Å²) in [4.78, 5) is 21.8. The van der Waals surface area contributed by atoms with Gasteiger partial charge >= 0.3 is 0 Å². The third kappa shape index (κ3) is 2.86. The van der Waals surface area contributed by atoms with E-state index in [9.17, 15) is 14.9 Å². The third-order valence-electron chi connectivity index (χ3n) is 2.24. The van der Waals surface area contributed by atoms with Gasteiger partial charge in [-0.2, -0.15) is 0 Å². The van der Waals surface area contributed by atoms with E-state index in [2.05, 4.69) is 10.5 Å². The first-order valence-corrected chi connectivity index (χ1v) is 5.16. The first kappa shape index (κ1) is 12.6. The van der Waals surface area contributed by atoms with Gasteiger partial charge in [-0.1, -0.05) is 6.07 Å². The lowest BCUT2D eigenvalue weighted by atomic mass is 10.2. The monoisotopic (exact) mass is 263 g/mol. The standard InChI is InChI=1S/C11H9N3O5/c1-18-10-6-9(19-13-10)11(15)12-7-3-2-4-8(5-7)14(16)17/h2-6H,1H3,(H,12,15). The number of nitrogens with one attached hydrogen (secondary N) is 1. The molecule has 2 rings (SSSR count). The van der Waals surface area contributed by atoms with Gasteiger partial charge in [-0.05, 0) is 11.2 Å². The molecule has 19 heavy (non-hydrogen) atoms. The molecule has 1 N–H and O–H groups in total. The molecule has 8 heteroatoms. The molecule has 1 aromatic carbocycles. The maximum absolute atomic E-state index is 11.8. The van der Waals surface area contributed by atoms with E-state index in [0.717, 1.165) is 0 Å². The number of amides is 1. The highest BCUT2D eigenvalue weighted by molar-refractivity contribution is 6.02. The maximum Gasteiger partial charge on any atom is 0.294 e. The van der Waals surface area contributed by atoms with Gasteiger partial charge in [0.25, 0.3) is 17.5 Å². The van der Waals surface area contributed by atoms with E-state index in [1.165, 1.54) is 37.4 Å². The van der Waals surface area contributed by atoms with E-state index in [4.69, 9.17) is 9.26 Å². The van der Waals surface area contributed by atoms with Crippen molar-refractivity contribution < 1.29 is 19.0 Å². The first-order valence-electron chi connectivity index (χ1n) is 5.16. The Bertz CT molecular complexity index is 622. The lowest BCUT2D eigenvalue weighted by molar-refractivity contribution is -0.384. The van der Waals surface area contributed by atoms with E-state index < -0.39 is 10.8 Å². The number of ether oxygens (including phenoxy) is 1. The molecule has 0 aliphatic heterocycles. The fourth-order valence-electron chi connectivity index (χ4n) is 1.35. The summed E-state index contributed by atoms with van der Waals surface area (Å²) in [5, 5.41) is 16.5. The summed E-state index contributed by atoms with van der Waals surface area (Å²) in [6.45, 7) is 0. The van der Waals surface area contributed by atoms with Crippen LogP contribution < -0.4 is 10.1 Å². The Morgan fingerprint density at radius 3 is 2.89 bits per heavy atom. The SMILES string of the molecule is COc1cc(C(=O)Nc2cccc([N+](=O)[O-])c2)on1. The highest BCUT2D eigenvalue weighted by Crippen LogP contribution is 2.18. The number of hydrogen-bond acceptors (Lipinski definition) is 6. The number of carbonyl (C=O) groups excluding carboxylic acids is 1. The molecule has 2 aromatic rings. The van der Waals surface area contributed by atoms with Crippen LogP contribution in [0.5, 0.6) is 5.88 Å². The van der Waals surface area contributed by atoms with Crippen molar-refractivity contribution in [1.82, 2.24) is 5.16 Å². The number of nitrogens with zero attached hydrogens (tertiary/aromatic N) is 2. The van der Waals surface area contributed by atoms with Crippen LogP contribution in [0.25, 0.3) is 0 Å². The number of methoxy groups -OCH3 is 1. The van der Waals surface area contributed by atoms with Gasteiger partial charge in [-0.25, -0.2) is 0 Å². The van der Waals surface area contributed by atoms with Crippen molar-refractivity contribution in [1.29, 1.82) is 0 Å². The second kappa shape index (κ2) is 5.17. The number of aromatic nitrogens is 1. The summed E-state index contributed by atoms with van der Waals surface area (Å²) in [6.07, 6.45) is 0. The van der Waals surface area contributed by atoms with Crippen LogP contribution in [0.3, 0.4) is 0 Å². The average Bonchev–Trinajstić information content (AvgIpc) is 2.88. The molecule has 8 nitrogen and oxygen atoms in total. The number of anilines is 1. The van der Waals surface area contributed by atoms with Crippen LogP contribution in [-0.4, -0.2) is 23.1 Å². The number of nitro groups is 1. The lowest BCUT2D eigenvalue weighted by Crippen LogP contribution is -2.10. The second-order valence-corrected chi connectivity index (χ2v) is 3.50. The van der Waals surface area contributed by atoms with E-state index in [-0.39, 0.29) is 23.0 Å². The minimum Gasteiger partial charge on any atom is -0.479 e. The summed E-state index contributed by atoms with van der Waals surface area (Å²) in [6, 6.07) is 6.87. The zero-order valence-electron chi connectivity index (χ0n) is 9.82. The summed E-state index contributed by atoms with van der Waals surface area (Å²) in [7, 11) is 1.39. The van der Waals surface area contributed by atoms with Crippen LogP contribution in [-0.2, 0) is 0 Å². The first-order chi connectivity index (χ1) is 9.10. The summed E-state index contributed by atoms with van der Waals surface area (Å²) >= 11 is 0. The molecule has 0 unspecified atom stereocenters. The van der Waals surface area contributed by atoms with E-state index in [1.54, 1.807) is 0 Å². The van der Waals surface area contributed by atoms with Gasteiger partial charge in [0.1, 0.15) is 0 Å². The molecule has 0 aliphatic carbocycles. The van der Waals surface area contributed by atoms with Gasteiger partial charge in [0.15, 0.2) is 0 Å². The predicted molar refractivity (Wildman–Crippen MR) is 64.1 cm³/mol. The topological polar surface area (TPSA) is 108 Å². The molecule has 0 atom stereocenters. The van der Waals surface area contributed by atoms with Crippen molar-refractivity contribution in [3.8, 4) is 5.88 Å². The van der Waals surface area contributed by atoms with Crippen molar-refractivity contribution in [3.05, 3.63) is 46.2 Å². The Morgan fingerprint density at radius 1 is 1.47 bits per heavy atom. The molecule has 1 aromatic heterocycles. The van der Waals surface area contributed by atoms with Crippen molar-refractivity contribution in [2.45, 2.75) is 0 Å². The molecule has 1 heterocycles. The Morgan fingerprint density at radius 2 is 2.26 bits per heavy atom. The van der Waals surface area contributed by atoms with Crippen molar-refractivity contribution in [3.63, 3.8) is 0 Å². The van der Waals surface area contributed by atoms with Gasteiger partial charge in [-0.15, -0.1) is 0 Å². The highest BCUT2D eigenvalue weighted by Gasteiger charge is 2.14. The number of carbonyl (C=O) groups is 1. The number of rotatable bonds is 4. The fraction of sp³-hybridized carbons (Fsp3) is 0.0909. The van der Waals surface area contributed by atoms with E-state index >= 15 is 0 Å².